The first-order valence-electron chi connectivity index (χ1n) is 6.30. The van der Waals surface area contributed by atoms with Gasteiger partial charge >= 0.3 is 0 Å². The van der Waals surface area contributed by atoms with Crippen LogP contribution in [0.2, 0.25) is 0 Å². The largest absolute Gasteiger partial charge is 0.329 e. The molecule has 0 spiro atoms. The predicted molar refractivity (Wildman–Crippen MR) is 71.8 cm³/mol. The third kappa shape index (κ3) is 2.87. The fourth-order valence-electron chi connectivity index (χ4n) is 2.11. The molecule has 2 N–H and O–H groups in total. The van der Waals surface area contributed by atoms with E-state index in [9.17, 15) is 0 Å². The first-order chi connectivity index (χ1) is 7.90. The average Bonchev–Trinajstić information content (AvgIpc) is 2.61. The molecule has 17 heavy (non-hydrogen) atoms. The van der Waals surface area contributed by atoms with E-state index in [2.05, 4.69) is 44.7 Å². The number of nitrogens with zero attached hydrogens (tertiary/aromatic N) is 3. The smallest absolute Gasteiger partial charge is 0.0540 e. The predicted octanol–water partition coefficient (Wildman–Crippen LogP) is 1.70. The summed E-state index contributed by atoms with van der Waals surface area (Å²) in [6.07, 6.45) is 1.94. The second-order valence-corrected chi connectivity index (χ2v) is 5.21. The summed E-state index contributed by atoms with van der Waals surface area (Å²) in [5, 5.41) is 4.31. The number of likely N-dealkylation sites (N-methyl/N-ethyl adjacent to an activating group) is 1. The highest BCUT2D eigenvalue weighted by Crippen LogP contribution is 2.25. The molecule has 0 bridgehead atoms. The van der Waals surface area contributed by atoms with Crippen LogP contribution in [0.5, 0.6) is 0 Å². The molecule has 0 saturated carbocycles. The summed E-state index contributed by atoms with van der Waals surface area (Å²) >= 11 is 0. The van der Waals surface area contributed by atoms with Crippen molar-refractivity contribution in [1.82, 2.24) is 14.7 Å². The first-order valence-corrected chi connectivity index (χ1v) is 6.30. The summed E-state index contributed by atoms with van der Waals surface area (Å²) in [6, 6.07) is 0.754. The van der Waals surface area contributed by atoms with Crippen LogP contribution in [0.3, 0.4) is 0 Å². The molecule has 1 aromatic rings. The molecule has 1 heterocycles. The van der Waals surface area contributed by atoms with Gasteiger partial charge in [-0.05, 0) is 26.8 Å². The van der Waals surface area contributed by atoms with Crippen molar-refractivity contribution in [3.05, 3.63) is 17.5 Å². The van der Waals surface area contributed by atoms with Crippen LogP contribution in [0.15, 0.2) is 6.20 Å². The highest BCUT2D eigenvalue weighted by molar-refractivity contribution is 5.21. The molecule has 0 aliphatic heterocycles. The zero-order valence-electron chi connectivity index (χ0n) is 11.9. The Morgan fingerprint density at radius 1 is 1.41 bits per heavy atom. The highest BCUT2D eigenvalue weighted by Gasteiger charge is 2.24. The Kier molecular flexibility index (Phi) is 4.71. The number of hydrogen-bond acceptors (Lipinski definition) is 3. The van der Waals surface area contributed by atoms with Crippen molar-refractivity contribution < 1.29 is 0 Å². The van der Waals surface area contributed by atoms with Crippen LogP contribution in [-0.2, 0) is 7.05 Å². The molecule has 0 aliphatic carbocycles. The van der Waals surface area contributed by atoms with E-state index in [0.717, 1.165) is 0 Å². The Morgan fingerprint density at radius 2 is 2.00 bits per heavy atom. The summed E-state index contributed by atoms with van der Waals surface area (Å²) < 4.78 is 1.91. The van der Waals surface area contributed by atoms with Crippen molar-refractivity contribution in [3.8, 4) is 0 Å². The van der Waals surface area contributed by atoms with Gasteiger partial charge in [0.1, 0.15) is 0 Å². The fraction of sp³-hybridized carbons (Fsp3) is 0.769. The second-order valence-electron chi connectivity index (χ2n) is 5.21. The van der Waals surface area contributed by atoms with Gasteiger partial charge in [0.25, 0.3) is 0 Å². The maximum absolute atomic E-state index is 5.94. The molecule has 4 nitrogen and oxygen atoms in total. The minimum Gasteiger partial charge on any atom is -0.329 e. The number of hydrogen-bond donors (Lipinski definition) is 1. The van der Waals surface area contributed by atoms with E-state index in [0.29, 0.717) is 18.5 Å². The molecule has 0 aromatic carbocycles. The molecule has 1 aromatic heterocycles. The lowest BCUT2D eigenvalue weighted by Gasteiger charge is -2.34. The Bertz CT molecular complexity index is 356. The van der Waals surface area contributed by atoms with Crippen LogP contribution in [0.25, 0.3) is 0 Å². The molecule has 4 heteroatoms. The van der Waals surface area contributed by atoms with Gasteiger partial charge in [0.05, 0.1) is 12.2 Å². The van der Waals surface area contributed by atoms with Gasteiger partial charge in [0.2, 0.25) is 0 Å². The summed E-state index contributed by atoms with van der Waals surface area (Å²) in [5.74, 6) is 0.617. The van der Waals surface area contributed by atoms with E-state index < -0.39 is 0 Å². The van der Waals surface area contributed by atoms with E-state index in [1.807, 2.05) is 17.9 Å². The topological polar surface area (TPSA) is 47.1 Å². The van der Waals surface area contributed by atoms with Crippen LogP contribution in [0, 0.1) is 12.8 Å². The minimum absolute atomic E-state index is 0.251. The van der Waals surface area contributed by atoms with Crippen LogP contribution in [-0.4, -0.2) is 34.3 Å². The van der Waals surface area contributed by atoms with E-state index in [4.69, 9.17) is 5.73 Å². The van der Waals surface area contributed by atoms with Crippen molar-refractivity contribution in [2.45, 2.75) is 39.8 Å². The fourth-order valence-corrected chi connectivity index (χ4v) is 2.11. The number of nitrogens with two attached hydrogens (primary N) is 1. The maximum atomic E-state index is 5.94. The Balaban J connectivity index is 2.95. The van der Waals surface area contributed by atoms with Gasteiger partial charge in [-0.3, -0.25) is 9.58 Å². The third-order valence-electron chi connectivity index (χ3n) is 3.95. The molecule has 2 unspecified atom stereocenters. The van der Waals surface area contributed by atoms with Gasteiger partial charge in [-0.2, -0.15) is 5.10 Å². The zero-order chi connectivity index (χ0) is 13.2. The lowest BCUT2D eigenvalue weighted by Crippen LogP contribution is -2.39. The average molecular weight is 238 g/mol. The highest BCUT2D eigenvalue weighted by atomic mass is 15.3. The van der Waals surface area contributed by atoms with E-state index in [-0.39, 0.29) is 6.04 Å². The molecule has 0 amide bonds. The van der Waals surface area contributed by atoms with Crippen LogP contribution < -0.4 is 5.73 Å². The molecule has 1 rings (SSSR count). The van der Waals surface area contributed by atoms with E-state index in [1.54, 1.807) is 0 Å². The molecule has 0 saturated heterocycles. The molecule has 98 valence electrons. The Hall–Kier alpha value is -0.870. The number of rotatable bonds is 5. The second kappa shape index (κ2) is 5.65. The normalized spacial score (nSPS) is 15.6. The Morgan fingerprint density at radius 3 is 2.35 bits per heavy atom. The monoisotopic (exact) mass is 238 g/mol. The van der Waals surface area contributed by atoms with Crippen molar-refractivity contribution in [3.63, 3.8) is 0 Å². The summed E-state index contributed by atoms with van der Waals surface area (Å²) in [4.78, 5) is 2.36. The molecular formula is C13H26N4. The lowest BCUT2D eigenvalue weighted by molar-refractivity contribution is 0.151. The van der Waals surface area contributed by atoms with Gasteiger partial charge < -0.3 is 5.73 Å². The van der Waals surface area contributed by atoms with Gasteiger partial charge in [0, 0.05) is 30.9 Å². The summed E-state index contributed by atoms with van der Waals surface area (Å²) in [7, 11) is 4.12. The summed E-state index contributed by atoms with van der Waals surface area (Å²) in [6.45, 7) is 9.45. The van der Waals surface area contributed by atoms with Gasteiger partial charge in [0.15, 0.2) is 0 Å². The van der Waals surface area contributed by atoms with E-state index in [1.165, 1.54) is 11.3 Å². The van der Waals surface area contributed by atoms with Crippen molar-refractivity contribution in [2.75, 3.05) is 13.6 Å². The first kappa shape index (κ1) is 14.2. The molecule has 0 radical (unpaired) electrons. The minimum atomic E-state index is 0.251. The van der Waals surface area contributed by atoms with Crippen molar-refractivity contribution in [2.24, 2.45) is 18.7 Å². The van der Waals surface area contributed by atoms with Gasteiger partial charge in [-0.25, -0.2) is 0 Å². The van der Waals surface area contributed by atoms with Crippen molar-refractivity contribution in [1.29, 1.82) is 0 Å². The summed E-state index contributed by atoms with van der Waals surface area (Å²) in [5.41, 5.74) is 8.38. The van der Waals surface area contributed by atoms with Gasteiger partial charge in [-0.1, -0.05) is 13.8 Å². The standard InChI is InChI=1S/C13H26N4/c1-9(2)10(3)16(5)13(7-14)12-8-15-17(6)11(12)4/h8-10,13H,7,14H2,1-6H3. The van der Waals surface area contributed by atoms with Crippen molar-refractivity contribution >= 4 is 0 Å². The van der Waals surface area contributed by atoms with Crippen LogP contribution in [0.1, 0.15) is 38.1 Å². The Labute approximate surface area is 105 Å². The number of aromatic nitrogens is 2. The molecular weight excluding hydrogens is 212 g/mol. The molecule has 0 aliphatic rings. The number of aryl methyl sites for hydroxylation is 1. The van der Waals surface area contributed by atoms with E-state index >= 15 is 0 Å². The SMILES string of the molecule is Cc1c(C(CN)N(C)C(C)C(C)C)cnn1C. The maximum Gasteiger partial charge on any atom is 0.0540 e. The van der Waals surface area contributed by atoms with Crippen LogP contribution >= 0.6 is 0 Å². The zero-order valence-corrected chi connectivity index (χ0v) is 11.9. The molecule has 0 fully saturated rings. The lowest BCUT2D eigenvalue weighted by atomic mass is 10.00. The van der Waals surface area contributed by atoms with Crippen LogP contribution in [0.4, 0.5) is 0 Å². The molecule has 2 atom stereocenters. The van der Waals surface area contributed by atoms with Gasteiger partial charge in [-0.15, -0.1) is 0 Å². The third-order valence-corrected chi connectivity index (χ3v) is 3.95. The quantitative estimate of drug-likeness (QED) is 0.849.